The quantitative estimate of drug-likeness (QED) is 0.425. The number of alkyl halides is 2. The van der Waals surface area contributed by atoms with E-state index in [1.54, 1.807) is 12.1 Å². The summed E-state index contributed by atoms with van der Waals surface area (Å²) in [7, 11) is 0. The molecule has 3 amide bonds. The van der Waals surface area contributed by atoms with Crippen molar-refractivity contribution in [1.82, 2.24) is 14.9 Å². The third-order valence-electron chi connectivity index (χ3n) is 7.73. The minimum atomic E-state index is -2.89. The Morgan fingerprint density at radius 2 is 1.95 bits per heavy atom. The van der Waals surface area contributed by atoms with Crippen molar-refractivity contribution in [2.45, 2.75) is 50.2 Å². The molecule has 1 N–H and O–H groups in total. The molecule has 8 nitrogen and oxygen atoms in total. The fourth-order valence-electron chi connectivity index (χ4n) is 5.52. The van der Waals surface area contributed by atoms with Gasteiger partial charge in [-0.2, -0.15) is 0 Å². The van der Waals surface area contributed by atoms with Gasteiger partial charge in [0.2, 0.25) is 0 Å². The fourth-order valence-corrected chi connectivity index (χ4v) is 5.81. The molecule has 3 aliphatic heterocycles. The first-order valence-corrected chi connectivity index (χ1v) is 13.4. The molecule has 4 aliphatic rings. The Morgan fingerprint density at radius 3 is 2.67 bits per heavy atom. The first-order valence-electron chi connectivity index (χ1n) is 13.1. The van der Waals surface area contributed by atoms with Crippen LogP contribution in [-0.4, -0.2) is 45.8 Å². The minimum absolute atomic E-state index is 0.0397. The zero-order valence-electron chi connectivity index (χ0n) is 21.1. The first kappa shape index (κ1) is 25.1. The van der Waals surface area contributed by atoms with Gasteiger partial charge in [0.1, 0.15) is 29.1 Å². The molecule has 1 aromatic carbocycles. The van der Waals surface area contributed by atoms with E-state index in [1.807, 2.05) is 0 Å². The van der Waals surface area contributed by atoms with Crippen LogP contribution in [0.25, 0.3) is 0 Å². The van der Waals surface area contributed by atoms with Gasteiger partial charge in [-0.3, -0.25) is 14.7 Å². The van der Waals surface area contributed by atoms with Crippen LogP contribution >= 0.6 is 11.6 Å². The van der Waals surface area contributed by atoms with Gasteiger partial charge in [0, 0.05) is 23.7 Å². The molecule has 5 heterocycles. The number of urea groups is 1. The maximum Gasteiger partial charge on any atom is 0.326 e. The van der Waals surface area contributed by atoms with Crippen LogP contribution in [0.5, 0.6) is 5.75 Å². The lowest BCUT2D eigenvalue weighted by molar-refractivity contribution is -0.113. The largest absolute Gasteiger partial charge is 0.484 e. The summed E-state index contributed by atoms with van der Waals surface area (Å²) in [6.07, 6.45) is 3.83. The highest BCUT2D eigenvalue weighted by Crippen LogP contribution is 2.46. The van der Waals surface area contributed by atoms with Crippen molar-refractivity contribution >= 4 is 34.9 Å². The molecule has 1 saturated carbocycles. The average Bonchev–Trinajstić information content (AvgIpc) is 3.76. The zero-order valence-corrected chi connectivity index (χ0v) is 21.8. The summed E-state index contributed by atoms with van der Waals surface area (Å²) in [5.74, 6) is -3.31. The SMILES string of the molecule is O=C(c1cc2c(c(C3CC3)n1)CN(c1cc3c(cc1Cl)CCC(c1ncccc1F)O3)C(=O)N2)N1CC(F)(F)C1. The number of fused-ring (bicyclic) bond motifs is 2. The maximum absolute atomic E-state index is 14.4. The summed E-state index contributed by atoms with van der Waals surface area (Å²) >= 11 is 6.65. The number of nitrogens with one attached hydrogen (secondary N) is 1. The molecule has 2 aromatic heterocycles. The van der Waals surface area contributed by atoms with Crippen molar-refractivity contribution in [1.29, 1.82) is 0 Å². The van der Waals surface area contributed by atoms with Crippen LogP contribution in [0.3, 0.4) is 0 Å². The number of ether oxygens (including phenoxy) is 1. The molecule has 206 valence electrons. The zero-order chi connectivity index (χ0) is 27.8. The normalized spacial score (nSPS) is 21.1. The number of anilines is 2. The number of pyridine rings is 2. The summed E-state index contributed by atoms with van der Waals surface area (Å²) in [6.45, 7) is -1.14. The predicted molar refractivity (Wildman–Crippen MR) is 140 cm³/mol. The molecule has 1 atom stereocenters. The van der Waals surface area contributed by atoms with Crippen molar-refractivity contribution in [3.05, 3.63) is 75.6 Å². The summed E-state index contributed by atoms with van der Waals surface area (Å²) in [5, 5.41) is 3.19. The van der Waals surface area contributed by atoms with E-state index in [-0.39, 0.29) is 23.9 Å². The summed E-state index contributed by atoms with van der Waals surface area (Å²) in [5.41, 5.74) is 3.38. The van der Waals surface area contributed by atoms with Crippen LogP contribution in [0.2, 0.25) is 5.02 Å². The van der Waals surface area contributed by atoms with Crippen LogP contribution in [0.4, 0.5) is 29.3 Å². The molecule has 1 saturated heterocycles. The second-order valence-electron chi connectivity index (χ2n) is 10.7. The number of amides is 3. The lowest BCUT2D eigenvalue weighted by atomic mass is 9.98. The van der Waals surface area contributed by atoms with Crippen molar-refractivity contribution < 1.29 is 27.5 Å². The number of carbonyl (C=O) groups is 2. The number of likely N-dealkylation sites (tertiary alicyclic amines) is 1. The Hall–Kier alpha value is -3.86. The van der Waals surface area contributed by atoms with Gasteiger partial charge in [0.05, 0.1) is 41.7 Å². The number of carbonyl (C=O) groups excluding carboxylic acids is 2. The molecule has 0 spiro atoms. The number of rotatable bonds is 4. The Labute approximate surface area is 232 Å². The van der Waals surface area contributed by atoms with Gasteiger partial charge >= 0.3 is 6.03 Å². The molecule has 1 aliphatic carbocycles. The topological polar surface area (TPSA) is 87.7 Å². The molecule has 2 fully saturated rings. The van der Waals surface area contributed by atoms with E-state index >= 15 is 0 Å². The average molecular weight is 570 g/mol. The first-order chi connectivity index (χ1) is 19.2. The number of benzene rings is 1. The van der Waals surface area contributed by atoms with Gasteiger partial charge in [0.15, 0.2) is 0 Å². The van der Waals surface area contributed by atoms with Gasteiger partial charge < -0.3 is 15.0 Å². The lowest BCUT2D eigenvalue weighted by Gasteiger charge is -2.38. The smallest absolute Gasteiger partial charge is 0.326 e. The highest BCUT2D eigenvalue weighted by molar-refractivity contribution is 6.34. The van der Waals surface area contributed by atoms with Gasteiger partial charge in [0.25, 0.3) is 11.8 Å². The molecule has 1 unspecified atom stereocenters. The summed E-state index contributed by atoms with van der Waals surface area (Å²) in [4.78, 5) is 37.4. The molecule has 3 aromatic rings. The van der Waals surface area contributed by atoms with E-state index in [0.717, 1.165) is 28.9 Å². The highest BCUT2D eigenvalue weighted by Gasteiger charge is 2.47. The van der Waals surface area contributed by atoms with E-state index in [4.69, 9.17) is 16.3 Å². The third-order valence-corrected chi connectivity index (χ3v) is 8.03. The molecule has 0 bridgehead atoms. The van der Waals surface area contributed by atoms with Crippen LogP contribution in [-0.2, 0) is 13.0 Å². The Balaban J connectivity index is 1.20. The van der Waals surface area contributed by atoms with Crippen molar-refractivity contribution in [3.63, 3.8) is 0 Å². The second-order valence-corrected chi connectivity index (χ2v) is 11.1. The van der Waals surface area contributed by atoms with Crippen LogP contribution < -0.4 is 15.0 Å². The van der Waals surface area contributed by atoms with Crippen molar-refractivity contribution in [3.8, 4) is 5.75 Å². The Bertz CT molecular complexity index is 1570. The van der Waals surface area contributed by atoms with Crippen molar-refractivity contribution in [2.75, 3.05) is 23.3 Å². The van der Waals surface area contributed by atoms with E-state index in [0.29, 0.717) is 40.7 Å². The number of nitrogens with zero attached hydrogens (tertiary/aromatic N) is 4. The monoisotopic (exact) mass is 569 g/mol. The molecule has 12 heteroatoms. The highest BCUT2D eigenvalue weighted by atomic mass is 35.5. The van der Waals surface area contributed by atoms with Gasteiger partial charge in [-0.25, -0.2) is 22.9 Å². The minimum Gasteiger partial charge on any atom is -0.484 e. The van der Waals surface area contributed by atoms with E-state index in [1.165, 1.54) is 29.3 Å². The molecule has 7 rings (SSSR count). The Kier molecular flexibility index (Phi) is 5.71. The Morgan fingerprint density at radius 1 is 1.15 bits per heavy atom. The van der Waals surface area contributed by atoms with Crippen LogP contribution in [0, 0.1) is 5.82 Å². The summed E-state index contributed by atoms with van der Waals surface area (Å²) < 4.78 is 47.2. The fraction of sp³-hybridized carbons (Fsp3) is 0.357. The number of hydrogen-bond donors (Lipinski definition) is 1. The van der Waals surface area contributed by atoms with E-state index < -0.39 is 42.9 Å². The number of aryl methyl sites for hydroxylation is 1. The van der Waals surface area contributed by atoms with Gasteiger partial charge in [-0.15, -0.1) is 0 Å². The number of hydrogen-bond acceptors (Lipinski definition) is 5. The lowest BCUT2D eigenvalue weighted by Crippen LogP contribution is -2.58. The van der Waals surface area contributed by atoms with E-state index in [9.17, 15) is 22.8 Å². The van der Waals surface area contributed by atoms with Crippen LogP contribution in [0.15, 0.2) is 36.5 Å². The summed E-state index contributed by atoms with van der Waals surface area (Å²) in [6, 6.07) is 7.28. The van der Waals surface area contributed by atoms with Gasteiger partial charge in [-0.05, 0) is 55.5 Å². The molecule has 40 heavy (non-hydrogen) atoms. The predicted octanol–water partition coefficient (Wildman–Crippen LogP) is 5.86. The van der Waals surface area contributed by atoms with Crippen LogP contribution in [0.1, 0.15) is 64.3 Å². The van der Waals surface area contributed by atoms with Crippen molar-refractivity contribution in [2.24, 2.45) is 0 Å². The van der Waals surface area contributed by atoms with E-state index in [2.05, 4.69) is 15.3 Å². The maximum atomic E-state index is 14.4. The second kappa shape index (κ2) is 9.09. The molecular weight excluding hydrogens is 547 g/mol. The third kappa shape index (κ3) is 4.32. The number of halogens is 4. The molecule has 0 radical (unpaired) electrons. The van der Waals surface area contributed by atoms with Gasteiger partial charge in [-0.1, -0.05) is 11.6 Å². The standard InChI is InChI=1S/C28H23ClF3N5O3/c29-17-8-15-5-6-22(25-18(30)2-1-7-33-25)40-23(15)10-21(17)37-11-16-19(35-27(37)39)9-20(34-24(16)14-3-4-14)26(38)36-12-28(31,32)13-36/h1-2,7-10,14,22H,3-6,11-13H2,(H,35,39). The number of aromatic nitrogens is 2. The molecular formula is C28H23ClF3N5O3.